The van der Waals surface area contributed by atoms with Crippen LogP contribution in [0.15, 0.2) is 47.1 Å². The minimum atomic E-state index is -0.738. The summed E-state index contributed by atoms with van der Waals surface area (Å²) in [5, 5.41) is 13.2. The van der Waals surface area contributed by atoms with Crippen molar-refractivity contribution in [1.82, 2.24) is 0 Å². The van der Waals surface area contributed by atoms with Gasteiger partial charge in [0.1, 0.15) is 11.5 Å². The molecule has 0 aliphatic rings. The fraction of sp³-hybridized carbons (Fsp3) is 0.125. The number of nitrogens with one attached hydrogen (secondary N) is 1. The minimum absolute atomic E-state index is 0.101. The van der Waals surface area contributed by atoms with Crippen LogP contribution >= 0.6 is 0 Å². The van der Waals surface area contributed by atoms with Crippen LogP contribution in [0, 0.1) is 10.1 Å². The molecule has 1 N–H and O–H groups in total. The van der Waals surface area contributed by atoms with Crippen LogP contribution in [-0.4, -0.2) is 30.5 Å². The highest BCUT2D eigenvalue weighted by molar-refractivity contribution is 5.95. The molecule has 0 atom stereocenters. The lowest BCUT2D eigenvalue weighted by Gasteiger charge is -2.09. The van der Waals surface area contributed by atoms with Crippen molar-refractivity contribution in [1.29, 1.82) is 0 Å². The Morgan fingerprint density at radius 3 is 2.80 bits per heavy atom. The number of methoxy groups -OCH3 is 1. The van der Waals surface area contributed by atoms with Crippen molar-refractivity contribution < 1.29 is 28.4 Å². The van der Waals surface area contributed by atoms with Gasteiger partial charge in [-0.2, -0.15) is 0 Å². The Kier molecular flexibility index (Phi) is 5.88. The van der Waals surface area contributed by atoms with Crippen LogP contribution in [-0.2, 0) is 14.3 Å². The summed E-state index contributed by atoms with van der Waals surface area (Å²) < 4.78 is 14.8. The van der Waals surface area contributed by atoms with E-state index in [2.05, 4.69) is 5.32 Å². The van der Waals surface area contributed by atoms with E-state index < -0.39 is 23.4 Å². The van der Waals surface area contributed by atoms with Crippen LogP contribution in [0.4, 0.5) is 11.4 Å². The topological polar surface area (TPSA) is 121 Å². The maximum absolute atomic E-state index is 11.8. The molecule has 0 radical (unpaired) electrons. The van der Waals surface area contributed by atoms with Gasteiger partial charge in [-0.1, -0.05) is 0 Å². The van der Waals surface area contributed by atoms with Gasteiger partial charge in [-0.05, 0) is 24.3 Å². The highest BCUT2D eigenvalue weighted by Crippen LogP contribution is 2.28. The van der Waals surface area contributed by atoms with Gasteiger partial charge < -0.3 is 19.2 Å². The summed E-state index contributed by atoms with van der Waals surface area (Å²) in [6.45, 7) is -0.562. The first kappa shape index (κ1) is 17.7. The van der Waals surface area contributed by atoms with Crippen molar-refractivity contribution in [3.8, 4) is 5.75 Å². The van der Waals surface area contributed by atoms with E-state index in [0.717, 1.165) is 12.1 Å². The van der Waals surface area contributed by atoms with Gasteiger partial charge in [-0.15, -0.1) is 0 Å². The van der Waals surface area contributed by atoms with E-state index in [1.807, 2.05) is 0 Å². The summed E-state index contributed by atoms with van der Waals surface area (Å²) in [5.41, 5.74) is -0.113. The number of rotatable bonds is 7. The summed E-state index contributed by atoms with van der Waals surface area (Å²) >= 11 is 0. The second kappa shape index (κ2) is 8.29. The molecule has 1 amide bonds. The number of carbonyl (C=O) groups excluding carboxylic acids is 2. The van der Waals surface area contributed by atoms with Gasteiger partial charge in [0, 0.05) is 18.2 Å². The molecule has 0 saturated heterocycles. The zero-order chi connectivity index (χ0) is 18.2. The summed E-state index contributed by atoms with van der Waals surface area (Å²) in [5.74, 6) is -0.707. The molecule has 0 aliphatic heterocycles. The average Bonchev–Trinajstić information content (AvgIpc) is 3.11. The quantitative estimate of drug-likeness (QED) is 0.353. The third-order valence-corrected chi connectivity index (χ3v) is 2.94. The Balaban J connectivity index is 1.92. The molecule has 1 aromatic heterocycles. The van der Waals surface area contributed by atoms with E-state index in [9.17, 15) is 19.7 Å². The first-order valence-electron chi connectivity index (χ1n) is 7.00. The number of hydrogen-bond acceptors (Lipinski definition) is 7. The molecule has 9 nitrogen and oxygen atoms in total. The Labute approximate surface area is 142 Å². The molecule has 25 heavy (non-hydrogen) atoms. The predicted octanol–water partition coefficient (Wildman–Crippen LogP) is 2.39. The SMILES string of the molecule is COc1ccc([N+](=O)[O-])cc1NC(=O)COC(=O)/C=C/c1ccco1. The number of non-ortho nitro benzene ring substituents is 1. The molecular formula is C16H14N2O7. The fourth-order valence-corrected chi connectivity index (χ4v) is 1.81. The summed E-state index contributed by atoms with van der Waals surface area (Å²) in [6, 6.07) is 7.05. The number of nitrogens with zero attached hydrogens (tertiary/aromatic N) is 1. The lowest BCUT2D eigenvalue weighted by atomic mass is 10.2. The van der Waals surface area contributed by atoms with E-state index in [4.69, 9.17) is 13.9 Å². The number of anilines is 1. The number of carbonyl (C=O) groups is 2. The van der Waals surface area contributed by atoms with Gasteiger partial charge >= 0.3 is 5.97 Å². The van der Waals surface area contributed by atoms with Crippen LogP contribution in [0.2, 0.25) is 0 Å². The molecule has 9 heteroatoms. The summed E-state index contributed by atoms with van der Waals surface area (Å²) in [4.78, 5) is 33.5. The normalized spacial score (nSPS) is 10.4. The minimum Gasteiger partial charge on any atom is -0.495 e. The lowest BCUT2D eigenvalue weighted by molar-refractivity contribution is -0.384. The first-order valence-corrected chi connectivity index (χ1v) is 7.00. The van der Waals surface area contributed by atoms with Gasteiger partial charge in [-0.25, -0.2) is 4.79 Å². The first-order chi connectivity index (χ1) is 12.0. The number of furan rings is 1. The number of hydrogen-bond donors (Lipinski definition) is 1. The monoisotopic (exact) mass is 346 g/mol. The largest absolute Gasteiger partial charge is 0.495 e. The van der Waals surface area contributed by atoms with E-state index in [1.165, 1.54) is 31.6 Å². The van der Waals surface area contributed by atoms with Crippen LogP contribution in [0.3, 0.4) is 0 Å². The smallest absolute Gasteiger partial charge is 0.331 e. The van der Waals surface area contributed by atoms with Crippen molar-refractivity contribution in [2.45, 2.75) is 0 Å². The molecule has 0 bridgehead atoms. The van der Waals surface area contributed by atoms with Crippen LogP contribution in [0.1, 0.15) is 5.76 Å². The maximum atomic E-state index is 11.8. The number of esters is 1. The summed E-state index contributed by atoms with van der Waals surface area (Å²) in [6.07, 6.45) is 3.95. The molecule has 0 spiro atoms. The van der Waals surface area contributed by atoms with Crippen molar-refractivity contribution in [3.05, 3.63) is 58.5 Å². The number of amides is 1. The molecule has 0 unspecified atom stereocenters. The van der Waals surface area contributed by atoms with Crippen LogP contribution < -0.4 is 10.1 Å². The number of ether oxygens (including phenoxy) is 2. The van der Waals surface area contributed by atoms with Gasteiger partial charge in [0.15, 0.2) is 6.61 Å². The Morgan fingerprint density at radius 2 is 2.16 bits per heavy atom. The van der Waals surface area contributed by atoms with E-state index in [1.54, 1.807) is 12.1 Å². The predicted molar refractivity (Wildman–Crippen MR) is 87.0 cm³/mol. The lowest BCUT2D eigenvalue weighted by Crippen LogP contribution is -2.20. The van der Waals surface area contributed by atoms with Crippen LogP contribution in [0.5, 0.6) is 5.75 Å². The van der Waals surface area contributed by atoms with Crippen LogP contribution in [0.25, 0.3) is 6.08 Å². The zero-order valence-electron chi connectivity index (χ0n) is 13.1. The standard InChI is InChI=1S/C16H14N2O7/c1-23-14-6-4-11(18(21)22)9-13(14)17-15(19)10-25-16(20)7-5-12-3-2-8-24-12/h2-9H,10H2,1H3,(H,17,19)/b7-5+. The van der Waals surface area contributed by atoms with Crippen molar-refractivity contribution in [2.24, 2.45) is 0 Å². The molecule has 1 aromatic carbocycles. The van der Waals surface area contributed by atoms with Crippen molar-refractivity contribution in [3.63, 3.8) is 0 Å². The third-order valence-electron chi connectivity index (χ3n) is 2.94. The molecule has 130 valence electrons. The number of nitro benzene ring substituents is 1. The highest BCUT2D eigenvalue weighted by atomic mass is 16.6. The second-order valence-corrected chi connectivity index (χ2v) is 4.65. The van der Waals surface area contributed by atoms with E-state index >= 15 is 0 Å². The zero-order valence-corrected chi connectivity index (χ0v) is 13.1. The maximum Gasteiger partial charge on any atom is 0.331 e. The second-order valence-electron chi connectivity index (χ2n) is 4.65. The van der Waals surface area contributed by atoms with E-state index in [-0.39, 0.29) is 17.1 Å². The fourth-order valence-electron chi connectivity index (χ4n) is 1.81. The highest BCUT2D eigenvalue weighted by Gasteiger charge is 2.14. The summed E-state index contributed by atoms with van der Waals surface area (Å²) in [7, 11) is 1.36. The molecular weight excluding hydrogens is 332 g/mol. The molecule has 0 saturated carbocycles. The molecule has 0 aliphatic carbocycles. The van der Waals surface area contributed by atoms with Gasteiger partial charge in [0.2, 0.25) is 0 Å². The van der Waals surface area contributed by atoms with Gasteiger partial charge in [0.25, 0.3) is 11.6 Å². The molecule has 0 fully saturated rings. The number of nitro groups is 1. The average molecular weight is 346 g/mol. The number of benzene rings is 1. The third kappa shape index (κ3) is 5.20. The Hall–Kier alpha value is -3.62. The Morgan fingerprint density at radius 1 is 1.36 bits per heavy atom. The van der Waals surface area contributed by atoms with Crippen molar-refractivity contribution >= 4 is 29.3 Å². The van der Waals surface area contributed by atoms with Gasteiger partial charge in [-0.3, -0.25) is 14.9 Å². The Bertz CT molecular complexity index is 797. The molecule has 1 heterocycles. The molecule has 2 rings (SSSR count). The van der Waals surface area contributed by atoms with E-state index in [0.29, 0.717) is 5.76 Å². The van der Waals surface area contributed by atoms with Gasteiger partial charge in [0.05, 0.1) is 24.0 Å². The van der Waals surface area contributed by atoms with Crippen molar-refractivity contribution in [2.75, 3.05) is 19.0 Å². The molecule has 2 aromatic rings.